The van der Waals surface area contributed by atoms with Crippen molar-refractivity contribution >= 4 is 38.9 Å². The summed E-state index contributed by atoms with van der Waals surface area (Å²) < 4.78 is 75.7. The third-order valence-electron chi connectivity index (χ3n) is 13.3. The lowest BCUT2D eigenvalue weighted by molar-refractivity contribution is 0.381. The van der Waals surface area contributed by atoms with Gasteiger partial charge in [-0.15, -0.1) is 0 Å². The first-order valence-electron chi connectivity index (χ1n) is 22.6. The molecule has 0 bridgehead atoms. The molecule has 69 heavy (non-hydrogen) atoms. The first kappa shape index (κ1) is 43.0. The van der Waals surface area contributed by atoms with Crippen molar-refractivity contribution in [1.29, 1.82) is 0 Å². The molecule has 0 spiro atoms. The van der Waals surface area contributed by atoms with Crippen LogP contribution in [0.3, 0.4) is 0 Å². The highest BCUT2D eigenvalue weighted by Crippen LogP contribution is 2.49. The van der Waals surface area contributed by atoms with E-state index in [1.54, 1.807) is 12.1 Å². The second-order valence-corrected chi connectivity index (χ2v) is 17.1. The quantitative estimate of drug-likeness (QED) is 0.0838. The highest BCUT2D eigenvalue weighted by Gasteiger charge is 2.40. The van der Waals surface area contributed by atoms with Crippen LogP contribution >= 0.6 is 0 Å². The van der Waals surface area contributed by atoms with Crippen molar-refractivity contribution in [2.24, 2.45) is 0 Å². The highest BCUT2D eigenvalue weighted by molar-refractivity contribution is 6.10. The van der Waals surface area contributed by atoms with Crippen LogP contribution in [0.25, 0.3) is 49.7 Å². The number of halogens is 5. The van der Waals surface area contributed by atoms with Crippen LogP contribution in [0, 0.1) is 29.1 Å². The Morgan fingerprint density at radius 3 is 1.61 bits per heavy atom. The van der Waals surface area contributed by atoms with Crippen LogP contribution in [0.1, 0.15) is 22.3 Å². The number of para-hydroxylation sites is 2. The lowest BCUT2D eigenvalue weighted by Crippen LogP contribution is -2.32. The monoisotopic (exact) mass is 908 g/mol. The Balaban J connectivity index is 1.09. The van der Waals surface area contributed by atoms with E-state index < -0.39 is 40.1 Å². The number of hydrogen-bond acceptors (Lipinski definition) is 1. The van der Waals surface area contributed by atoms with Gasteiger partial charge in [0, 0.05) is 33.5 Å². The standard InChI is InChI=1S/C62H41F5N2/c1-40-16-6-2-7-17-42-28-36-50(39-53(42)62(40,45-18-8-3-9-19-45)46-20-10-4-11-21-46)68(49-34-29-43(30-35-49)56-57(63)59(65)61(67)60(66)58(56)64)48-32-26-41(27-33-48)44-31-37-55-52(38-44)51-24-14-15-25-54(51)69(55)47-22-12-5-13-23-47/h2-16,18-39H,1,17H2/b7-2-,16-6-. The van der Waals surface area contributed by atoms with E-state index >= 15 is 8.78 Å². The van der Waals surface area contributed by atoms with Gasteiger partial charge in [-0.05, 0) is 118 Å². The second-order valence-electron chi connectivity index (χ2n) is 17.1. The molecular formula is C62H41F5N2. The van der Waals surface area contributed by atoms with Crippen LogP contribution in [0.5, 0.6) is 0 Å². The predicted octanol–water partition coefficient (Wildman–Crippen LogP) is 16.8. The molecule has 0 radical (unpaired) electrons. The van der Waals surface area contributed by atoms with Gasteiger partial charge in [-0.1, -0.05) is 164 Å². The lowest BCUT2D eigenvalue weighted by atomic mass is 9.63. The van der Waals surface area contributed by atoms with Crippen molar-refractivity contribution in [3.05, 3.63) is 288 Å². The summed E-state index contributed by atoms with van der Waals surface area (Å²) in [4.78, 5) is 2.03. The van der Waals surface area contributed by atoms with Crippen molar-refractivity contribution < 1.29 is 22.0 Å². The molecule has 1 aromatic heterocycles. The summed E-state index contributed by atoms with van der Waals surface area (Å²) in [6.45, 7) is 4.74. The molecule has 0 saturated carbocycles. The molecule has 1 aliphatic rings. The van der Waals surface area contributed by atoms with Gasteiger partial charge in [0.25, 0.3) is 0 Å². The first-order chi connectivity index (χ1) is 33.7. The van der Waals surface area contributed by atoms with Gasteiger partial charge >= 0.3 is 0 Å². The maximum Gasteiger partial charge on any atom is 0.200 e. The number of benzene rings is 9. The van der Waals surface area contributed by atoms with Crippen molar-refractivity contribution in [1.82, 2.24) is 4.57 Å². The summed E-state index contributed by atoms with van der Waals surface area (Å²) in [5, 5.41) is 2.26. The van der Waals surface area contributed by atoms with Crippen LogP contribution in [0.4, 0.5) is 39.0 Å². The van der Waals surface area contributed by atoms with Crippen molar-refractivity contribution in [2.45, 2.75) is 11.8 Å². The topological polar surface area (TPSA) is 8.17 Å². The normalized spacial score (nSPS) is 14.2. The van der Waals surface area contributed by atoms with Gasteiger partial charge in [0.2, 0.25) is 5.82 Å². The van der Waals surface area contributed by atoms with Gasteiger partial charge in [-0.25, -0.2) is 22.0 Å². The number of fused-ring (bicyclic) bond motifs is 4. The Hall–Kier alpha value is -8.55. The van der Waals surface area contributed by atoms with E-state index in [0.29, 0.717) is 12.1 Å². The van der Waals surface area contributed by atoms with E-state index in [1.807, 2.05) is 89.8 Å². The maximum atomic E-state index is 15.2. The number of aromatic nitrogens is 1. The molecule has 7 heteroatoms. The Bertz CT molecular complexity index is 3570. The Kier molecular flexibility index (Phi) is 11.0. The molecular weight excluding hydrogens is 868 g/mol. The van der Waals surface area contributed by atoms with E-state index in [2.05, 4.69) is 120 Å². The van der Waals surface area contributed by atoms with E-state index in [9.17, 15) is 13.2 Å². The Morgan fingerprint density at radius 2 is 0.971 bits per heavy atom. The number of hydrogen-bond donors (Lipinski definition) is 0. The van der Waals surface area contributed by atoms with Crippen molar-refractivity contribution in [3.63, 3.8) is 0 Å². The molecule has 0 saturated heterocycles. The molecule has 0 fully saturated rings. The lowest BCUT2D eigenvalue weighted by Gasteiger charge is -2.39. The smallest absolute Gasteiger partial charge is 0.200 e. The molecule has 0 atom stereocenters. The molecule has 334 valence electrons. The largest absolute Gasteiger partial charge is 0.310 e. The molecule has 1 heterocycles. The maximum absolute atomic E-state index is 15.2. The zero-order chi connectivity index (χ0) is 47.2. The third kappa shape index (κ3) is 7.26. The van der Waals surface area contributed by atoms with E-state index in [1.165, 1.54) is 12.1 Å². The molecule has 0 amide bonds. The van der Waals surface area contributed by atoms with Crippen LogP contribution in [0.2, 0.25) is 0 Å². The zero-order valence-corrected chi connectivity index (χ0v) is 37.1. The SMILES string of the molecule is C=C1/C=C\C=C/Cc2ccc(N(c3ccc(-c4ccc5c(c4)c4ccccc4n5-c4ccccc4)cc3)c3ccc(-c4c(F)c(F)c(F)c(F)c4F)cc3)cc2C1(c1ccccc1)c1ccccc1. The fourth-order valence-corrected chi connectivity index (χ4v) is 10.1. The molecule has 1 aliphatic carbocycles. The first-order valence-corrected chi connectivity index (χ1v) is 22.6. The van der Waals surface area contributed by atoms with Gasteiger partial charge in [-0.2, -0.15) is 0 Å². The number of rotatable bonds is 8. The van der Waals surface area contributed by atoms with Gasteiger partial charge < -0.3 is 9.47 Å². The summed E-state index contributed by atoms with van der Waals surface area (Å²) in [5.74, 6) is -10.00. The molecule has 0 N–H and O–H groups in total. The van der Waals surface area contributed by atoms with Crippen LogP contribution < -0.4 is 4.90 Å². The third-order valence-corrected chi connectivity index (χ3v) is 13.3. The minimum absolute atomic E-state index is 0.165. The van der Waals surface area contributed by atoms with Gasteiger partial charge in [-0.3, -0.25) is 0 Å². The number of nitrogens with zero attached hydrogens (tertiary/aromatic N) is 2. The minimum Gasteiger partial charge on any atom is -0.310 e. The summed E-state index contributed by atoms with van der Waals surface area (Å²) in [5.41, 5.74) is 10.4. The second kappa shape index (κ2) is 17.6. The average Bonchev–Trinajstić information content (AvgIpc) is 3.76. The Labute approximate surface area is 396 Å². The summed E-state index contributed by atoms with van der Waals surface area (Å²) in [7, 11) is 0. The van der Waals surface area contributed by atoms with Crippen LogP contribution in [-0.4, -0.2) is 4.57 Å². The fraction of sp³-hybridized carbons (Fsp3) is 0.0323. The number of anilines is 3. The van der Waals surface area contributed by atoms with E-state index in [-0.39, 0.29) is 5.56 Å². The van der Waals surface area contributed by atoms with Gasteiger partial charge in [0.1, 0.15) is 0 Å². The van der Waals surface area contributed by atoms with Crippen molar-refractivity contribution in [3.8, 4) is 27.9 Å². The molecule has 0 unspecified atom stereocenters. The summed E-state index contributed by atoms with van der Waals surface area (Å²) in [6.07, 6.45) is 8.88. The molecule has 0 aliphatic heterocycles. The summed E-state index contributed by atoms with van der Waals surface area (Å²) >= 11 is 0. The predicted molar refractivity (Wildman–Crippen MR) is 270 cm³/mol. The van der Waals surface area contributed by atoms with Gasteiger partial charge in [0.05, 0.1) is 22.0 Å². The van der Waals surface area contributed by atoms with Crippen molar-refractivity contribution in [2.75, 3.05) is 4.90 Å². The molecule has 2 nitrogen and oxygen atoms in total. The Morgan fingerprint density at radius 1 is 0.449 bits per heavy atom. The molecule has 10 aromatic rings. The molecule has 9 aromatic carbocycles. The molecule has 11 rings (SSSR count). The van der Waals surface area contributed by atoms with E-state index in [0.717, 1.165) is 77.8 Å². The van der Waals surface area contributed by atoms with Gasteiger partial charge in [0.15, 0.2) is 23.3 Å². The fourth-order valence-electron chi connectivity index (χ4n) is 10.1. The van der Waals surface area contributed by atoms with E-state index in [4.69, 9.17) is 6.58 Å². The average molecular weight is 909 g/mol. The summed E-state index contributed by atoms with van der Waals surface area (Å²) in [6, 6.07) is 66.4. The van der Waals surface area contributed by atoms with Crippen LogP contribution in [-0.2, 0) is 11.8 Å². The number of allylic oxidation sites excluding steroid dienone is 5. The van der Waals surface area contributed by atoms with Crippen LogP contribution in [0.15, 0.2) is 237 Å². The zero-order valence-electron chi connectivity index (χ0n) is 37.1. The highest BCUT2D eigenvalue weighted by atomic mass is 19.2. The minimum atomic E-state index is -2.20.